The fraction of sp³-hybridized carbons (Fsp3) is 0.538. The Kier molecular flexibility index (Phi) is 3.53. The van der Waals surface area contributed by atoms with Gasteiger partial charge in [-0.3, -0.25) is 0 Å². The van der Waals surface area contributed by atoms with Crippen LogP contribution in [0.25, 0.3) is 0 Å². The summed E-state index contributed by atoms with van der Waals surface area (Å²) in [6, 6.07) is 9.31. The van der Waals surface area contributed by atoms with E-state index in [0.717, 1.165) is 5.56 Å². The van der Waals surface area contributed by atoms with Crippen LogP contribution in [0.3, 0.4) is 0 Å². The minimum Gasteiger partial charge on any atom is -0.387 e. The van der Waals surface area contributed by atoms with Gasteiger partial charge in [-0.25, -0.2) is 0 Å². The number of rotatable bonds is 1. The van der Waals surface area contributed by atoms with Crippen LogP contribution in [0.5, 0.6) is 0 Å². The molecule has 1 aromatic carbocycles. The van der Waals surface area contributed by atoms with E-state index in [1.54, 1.807) is 0 Å². The Hall–Kier alpha value is -1.02. The Bertz CT molecular complexity index is 422. The summed E-state index contributed by atoms with van der Waals surface area (Å²) in [5, 5.41) is 29.0. The van der Waals surface area contributed by atoms with E-state index in [1.165, 1.54) is 0 Å². The molecule has 6 heteroatoms. The third kappa shape index (κ3) is 2.38. The highest BCUT2D eigenvalue weighted by molar-refractivity contribution is 5.16. The molecular formula is C13H16O6. The molecule has 1 aromatic rings. The molecule has 0 aromatic heterocycles. The van der Waals surface area contributed by atoms with Crippen molar-refractivity contribution in [3.05, 3.63) is 35.9 Å². The van der Waals surface area contributed by atoms with Gasteiger partial charge in [0.25, 0.3) is 0 Å². The first-order valence-corrected chi connectivity index (χ1v) is 6.18. The van der Waals surface area contributed by atoms with Crippen molar-refractivity contribution in [1.82, 2.24) is 0 Å². The SMILES string of the molecule is O[C@@H]1[C@H](O)[C@H](O)O[C@@H]2CO[C@@H](c3ccccc3)O[C@@H]12. The van der Waals surface area contributed by atoms with Gasteiger partial charge >= 0.3 is 0 Å². The molecule has 6 atom stereocenters. The summed E-state index contributed by atoms with van der Waals surface area (Å²) in [6.45, 7) is 0.186. The van der Waals surface area contributed by atoms with Crippen LogP contribution in [-0.2, 0) is 14.2 Å². The van der Waals surface area contributed by atoms with Crippen LogP contribution in [0.1, 0.15) is 11.9 Å². The van der Waals surface area contributed by atoms with Crippen molar-refractivity contribution in [3.63, 3.8) is 0 Å². The second-order valence-electron chi connectivity index (χ2n) is 4.72. The molecule has 2 saturated heterocycles. The average molecular weight is 268 g/mol. The highest BCUT2D eigenvalue weighted by atomic mass is 16.7. The van der Waals surface area contributed by atoms with Crippen LogP contribution >= 0.6 is 0 Å². The summed E-state index contributed by atoms with van der Waals surface area (Å²) >= 11 is 0. The average Bonchev–Trinajstić information content (AvgIpc) is 2.46. The molecule has 3 N–H and O–H groups in total. The minimum atomic E-state index is -1.42. The van der Waals surface area contributed by atoms with Crippen LogP contribution in [-0.4, -0.2) is 52.6 Å². The number of benzene rings is 1. The zero-order valence-corrected chi connectivity index (χ0v) is 10.1. The maximum Gasteiger partial charge on any atom is 0.184 e. The molecule has 0 unspecified atom stereocenters. The van der Waals surface area contributed by atoms with Crippen molar-refractivity contribution < 1.29 is 29.5 Å². The van der Waals surface area contributed by atoms with Crippen LogP contribution < -0.4 is 0 Å². The first-order valence-electron chi connectivity index (χ1n) is 6.18. The van der Waals surface area contributed by atoms with Gasteiger partial charge in [-0.2, -0.15) is 0 Å². The maximum atomic E-state index is 9.94. The lowest BCUT2D eigenvalue weighted by Crippen LogP contribution is -2.61. The van der Waals surface area contributed by atoms with E-state index < -0.39 is 37.0 Å². The summed E-state index contributed by atoms with van der Waals surface area (Å²) in [5.41, 5.74) is 0.828. The molecule has 2 fully saturated rings. The smallest absolute Gasteiger partial charge is 0.184 e. The van der Waals surface area contributed by atoms with Crippen LogP contribution in [0.2, 0.25) is 0 Å². The van der Waals surface area contributed by atoms with E-state index in [4.69, 9.17) is 14.2 Å². The molecule has 2 aliphatic heterocycles. The first kappa shape index (κ1) is 13.0. The van der Waals surface area contributed by atoms with Crippen LogP contribution in [0, 0.1) is 0 Å². The Morgan fingerprint density at radius 2 is 1.68 bits per heavy atom. The Morgan fingerprint density at radius 1 is 0.947 bits per heavy atom. The highest BCUT2D eigenvalue weighted by Crippen LogP contribution is 2.33. The highest BCUT2D eigenvalue weighted by Gasteiger charge is 2.48. The fourth-order valence-electron chi connectivity index (χ4n) is 2.37. The third-order valence-corrected chi connectivity index (χ3v) is 3.42. The maximum absolute atomic E-state index is 9.94. The van der Waals surface area contributed by atoms with Gasteiger partial charge in [-0.05, 0) is 0 Å². The molecule has 6 nitrogen and oxygen atoms in total. The van der Waals surface area contributed by atoms with Crippen LogP contribution in [0.15, 0.2) is 30.3 Å². The van der Waals surface area contributed by atoms with Gasteiger partial charge in [-0.15, -0.1) is 0 Å². The molecule has 2 aliphatic rings. The monoisotopic (exact) mass is 268 g/mol. The van der Waals surface area contributed by atoms with Gasteiger partial charge in [0.15, 0.2) is 12.6 Å². The van der Waals surface area contributed by atoms with E-state index in [2.05, 4.69) is 0 Å². The number of ether oxygens (including phenoxy) is 3. The second-order valence-corrected chi connectivity index (χ2v) is 4.72. The molecule has 0 aliphatic carbocycles. The second kappa shape index (κ2) is 5.16. The van der Waals surface area contributed by atoms with Gasteiger partial charge in [0.05, 0.1) is 6.61 Å². The van der Waals surface area contributed by atoms with Gasteiger partial charge < -0.3 is 29.5 Å². The van der Waals surface area contributed by atoms with Crippen molar-refractivity contribution in [2.24, 2.45) is 0 Å². The lowest BCUT2D eigenvalue weighted by Gasteiger charge is -2.45. The lowest BCUT2D eigenvalue weighted by molar-refractivity contribution is -0.354. The summed E-state index contributed by atoms with van der Waals surface area (Å²) in [5.74, 6) is 0. The van der Waals surface area contributed by atoms with E-state index in [-0.39, 0.29) is 6.61 Å². The normalized spacial score (nSPS) is 42.7. The fourth-order valence-corrected chi connectivity index (χ4v) is 2.37. The van der Waals surface area contributed by atoms with E-state index >= 15 is 0 Å². The van der Waals surface area contributed by atoms with Gasteiger partial charge in [-0.1, -0.05) is 30.3 Å². The third-order valence-electron chi connectivity index (χ3n) is 3.42. The quantitative estimate of drug-likeness (QED) is 0.639. The van der Waals surface area contributed by atoms with Crippen molar-refractivity contribution >= 4 is 0 Å². The topological polar surface area (TPSA) is 88.4 Å². The summed E-state index contributed by atoms with van der Waals surface area (Å²) < 4.78 is 16.3. The molecule has 0 amide bonds. The van der Waals surface area contributed by atoms with Crippen molar-refractivity contribution in [1.29, 1.82) is 0 Å². The molecule has 0 radical (unpaired) electrons. The molecule has 2 heterocycles. The number of hydrogen-bond acceptors (Lipinski definition) is 6. The zero-order valence-electron chi connectivity index (χ0n) is 10.1. The minimum absolute atomic E-state index is 0.186. The molecule has 0 saturated carbocycles. The van der Waals surface area contributed by atoms with Crippen molar-refractivity contribution in [3.8, 4) is 0 Å². The standard InChI is InChI=1S/C13H16O6/c14-9-10(15)12(16)18-8-6-17-13(19-11(8)9)7-4-2-1-3-5-7/h1-5,8-16H,6H2/t8-,9-,10+,11-,12-,13-/m1/s1. The van der Waals surface area contributed by atoms with E-state index in [0.29, 0.717) is 0 Å². The van der Waals surface area contributed by atoms with Crippen molar-refractivity contribution in [2.75, 3.05) is 6.61 Å². The lowest BCUT2D eigenvalue weighted by atomic mass is 9.98. The summed E-state index contributed by atoms with van der Waals surface area (Å²) in [4.78, 5) is 0. The predicted molar refractivity (Wildman–Crippen MR) is 62.9 cm³/mol. The number of hydrogen-bond donors (Lipinski definition) is 3. The van der Waals surface area contributed by atoms with Gasteiger partial charge in [0.1, 0.15) is 24.4 Å². The number of fused-ring (bicyclic) bond motifs is 1. The van der Waals surface area contributed by atoms with E-state index in [9.17, 15) is 15.3 Å². The Labute approximate surface area is 110 Å². The Morgan fingerprint density at radius 3 is 2.42 bits per heavy atom. The Balaban J connectivity index is 1.75. The molecule has 0 bridgehead atoms. The summed E-state index contributed by atoms with van der Waals surface area (Å²) in [7, 11) is 0. The molecular weight excluding hydrogens is 252 g/mol. The zero-order chi connectivity index (χ0) is 13.4. The summed E-state index contributed by atoms with van der Waals surface area (Å²) in [6.07, 6.45) is -5.93. The first-order chi connectivity index (χ1) is 9.16. The van der Waals surface area contributed by atoms with Crippen molar-refractivity contribution in [2.45, 2.75) is 37.0 Å². The molecule has 3 rings (SSSR count). The number of aliphatic hydroxyl groups is 3. The van der Waals surface area contributed by atoms with Gasteiger partial charge in [0, 0.05) is 5.56 Å². The predicted octanol–water partition coefficient (Wildman–Crippen LogP) is -0.460. The molecule has 0 spiro atoms. The molecule has 19 heavy (non-hydrogen) atoms. The number of aliphatic hydroxyl groups excluding tert-OH is 3. The van der Waals surface area contributed by atoms with E-state index in [1.807, 2.05) is 30.3 Å². The molecule has 104 valence electrons. The van der Waals surface area contributed by atoms with Crippen LogP contribution in [0.4, 0.5) is 0 Å². The van der Waals surface area contributed by atoms with Gasteiger partial charge in [0.2, 0.25) is 0 Å². The largest absolute Gasteiger partial charge is 0.387 e.